The summed E-state index contributed by atoms with van der Waals surface area (Å²) in [6.07, 6.45) is 0. The Bertz CT molecular complexity index is 246. The van der Waals surface area contributed by atoms with Gasteiger partial charge in [0.15, 0.2) is 0 Å². The molecule has 0 aromatic heterocycles. The number of rotatable bonds is 3. The maximum atomic E-state index is 8.58. The third-order valence-corrected chi connectivity index (χ3v) is 2.81. The molecule has 0 bridgehead atoms. The van der Waals surface area contributed by atoms with E-state index in [1.54, 1.807) is 0 Å². The monoisotopic (exact) mass is 198 g/mol. The molecule has 0 aliphatic heterocycles. The van der Waals surface area contributed by atoms with Crippen molar-refractivity contribution in [3.63, 3.8) is 0 Å². The fourth-order valence-corrected chi connectivity index (χ4v) is 1.76. The van der Waals surface area contributed by atoms with Crippen LogP contribution >= 0.6 is 24.0 Å². The molecule has 0 saturated heterocycles. The van der Waals surface area contributed by atoms with E-state index in [-0.39, 0.29) is 6.61 Å². The molecule has 1 aromatic carbocycles. The Morgan fingerprint density at radius 3 is 2.58 bits per heavy atom. The zero-order valence-corrected chi connectivity index (χ0v) is 8.20. The average Bonchev–Trinajstić information content (AvgIpc) is 2.15. The van der Waals surface area contributed by atoms with Crippen molar-refractivity contribution in [2.75, 3.05) is 12.4 Å². The van der Waals surface area contributed by atoms with Crippen LogP contribution in [0.5, 0.6) is 0 Å². The molecule has 0 spiro atoms. The molecule has 1 nitrogen and oxygen atoms in total. The van der Waals surface area contributed by atoms with E-state index in [4.69, 9.17) is 17.3 Å². The van der Waals surface area contributed by atoms with Gasteiger partial charge >= 0.3 is 0 Å². The van der Waals surface area contributed by atoms with Gasteiger partial charge in [-0.05, 0) is 5.56 Å². The molecule has 64 valence electrons. The second-order valence-electron chi connectivity index (χ2n) is 2.23. The van der Waals surface area contributed by atoms with Gasteiger partial charge in [-0.25, -0.2) is 0 Å². The van der Waals surface area contributed by atoms with E-state index in [0.717, 1.165) is 9.76 Å². The van der Waals surface area contributed by atoms with Crippen LogP contribution in [0.25, 0.3) is 0 Å². The molecule has 0 aliphatic carbocycles. The molecule has 0 unspecified atom stereocenters. The third-order valence-electron chi connectivity index (χ3n) is 1.33. The largest absolute Gasteiger partial charge is 0.396 e. The Labute approximate surface area is 81.8 Å². The predicted molar refractivity (Wildman–Crippen MR) is 57.7 cm³/mol. The van der Waals surface area contributed by atoms with Crippen LogP contribution in [-0.4, -0.2) is 21.7 Å². The molecule has 3 heteroatoms. The Morgan fingerprint density at radius 2 is 2.00 bits per heavy atom. The highest BCUT2D eigenvalue weighted by molar-refractivity contribution is 8.23. The molecule has 0 aliphatic rings. The highest BCUT2D eigenvalue weighted by atomic mass is 32.2. The molecule has 0 fully saturated rings. The predicted octanol–water partition coefficient (Wildman–Crippen LogP) is 2.09. The van der Waals surface area contributed by atoms with Crippen LogP contribution < -0.4 is 0 Å². The lowest BCUT2D eigenvalue weighted by Crippen LogP contribution is -1.95. The fourth-order valence-electron chi connectivity index (χ4n) is 0.796. The van der Waals surface area contributed by atoms with Crippen molar-refractivity contribution in [3.8, 4) is 0 Å². The maximum absolute atomic E-state index is 8.58. The lowest BCUT2D eigenvalue weighted by Gasteiger charge is -2.00. The minimum atomic E-state index is 0.178. The molecule has 12 heavy (non-hydrogen) atoms. The van der Waals surface area contributed by atoms with Crippen molar-refractivity contribution in [1.82, 2.24) is 0 Å². The van der Waals surface area contributed by atoms with Gasteiger partial charge in [-0.1, -0.05) is 42.5 Å². The van der Waals surface area contributed by atoms with Crippen molar-refractivity contribution in [2.24, 2.45) is 0 Å². The summed E-state index contributed by atoms with van der Waals surface area (Å²) in [5.41, 5.74) is 1.06. The first kappa shape index (κ1) is 9.71. The van der Waals surface area contributed by atoms with Crippen molar-refractivity contribution < 1.29 is 5.11 Å². The Balaban J connectivity index is 2.54. The van der Waals surface area contributed by atoms with Crippen molar-refractivity contribution in [1.29, 1.82) is 0 Å². The zero-order chi connectivity index (χ0) is 8.81. The zero-order valence-electron chi connectivity index (χ0n) is 6.56. The average molecular weight is 198 g/mol. The van der Waals surface area contributed by atoms with Crippen LogP contribution in [0.1, 0.15) is 5.56 Å². The molecule has 0 amide bonds. The van der Waals surface area contributed by atoms with Crippen LogP contribution in [0.3, 0.4) is 0 Å². The first-order chi connectivity index (χ1) is 5.84. The number of hydrogen-bond donors (Lipinski definition) is 1. The van der Waals surface area contributed by atoms with Crippen molar-refractivity contribution in [2.45, 2.75) is 0 Å². The summed E-state index contributed by atoms with van der Waals surface area (Å²) in [6.45, 7) is 0.178. The standard InChI is InChI=1S/C9H10OS2/c10-6-7-12-9(11)8-4-2-1-3-5-8/h1-5,10H,6-7H2. The van der Waals surface area contributed by atoms with Gasteiger partial charge in [0.05, 0.1) is 10.8 Å². The van der Waals surface area contributed by atoms with E-state index in [2.05, 4.69) is 0 Å². The normalized spacial score (nSPS) is 9.75. The lowest BCUT2D eigenvalue weighted by molar-refractivity contribution is 0.323. The van der Waals surface area contributed by atoms with Gasteiger partial charge in [-0.3, -0.25) is 0 Å². The molecule has 0 saturated carbocycles. The quantitative estimate of drug-likeness (QED) is 0.751. The molecule has 1 N–H and O–H groups in total. The van der Waals surface area contributed by atoms with Crippen LogP contribution in [0.4, 0.5) is 0 Å². The van der Waals surface area contributed by atoms with Gasteiger partial charge in [0, 0.05) is 5.75 Å². The van der Waals surface area contributed by atoms with Gasteiger partial charge in [-0.15, -0.1) is 11.8 Å². The molecule has 0 radical (unpaired) electrons. The summed E-state index contributed by atoms with van der Waals surface area (Å²) < 4.78 is 0.852. The summed E-state index contributed by atoms with van der Waals surface area (Å²) in [4.78, 5) is 0. The van der Waals surface area contributed by atoms with Crippen molar-refractivity contribution >= 4 is 28.2 Å². The van der Waals surface area contributed by atoms with Gasteiger partial charge < -0.3 is 5.11 Å². The van der Waals surface area contributed by atoms with Gasteiger partial charge in [0.1, 0.15) is 0 Å². The van der Waals surface area contributed by atoms with E-state index in [9.17, 15) is 0 Å². The molecule has 0 atom stereocenters. The lowest BCUT2D eigenvalue weighted by atomic mass is 10.2. The SMILES string of the molecule is OCCSC(=S)c1ccccc1. The van der Waals surface area contributed by atoms with Crippen LogP contribution in [0, 0.1) is 0 Å². The highest BCUT2D eigenvalue weighted by Crippen LogP contribution is 2.12. The summed E-state index contributed by atoms with van der Waals surface area (Å²) in [5, 5.41) is 8.58. The number of thiocarbonyl (C=S) groups is 1. The van der Waals surface area contributed by atoms with E-state index < -0.39 is 0 Å². The Hall–Kier alpha value is -0.380. The number of hydrogen-bond acceptors (Lipinski definition) is 3. The first-order valence-corrected chi connectivity index (χ1v) is 5.07. The second-order valence-corrected chi connectivity index (χ2v) is 4.00. The minimum Gasteiger partial charge on any atom is -0.396 e. The fraction of sp³-hybridized carbons (Fsp3) is 0.222. The van der Waals surface area contributed by atoms with Crippen LogP contribution in [0.15, 0.2) is 30.3 Å². The van der Waals surface area contributed by atoms with Gasteiger partial charge in [-0.2, -0.15) is 0 Å². The Kier molecular flexibility index (Phi) is 4.29. The van der Waals surface area contributed by atoms with E-state index in [0.29, 0.717) is 5.75 Å². The Morgan fingerprint density at radius 1 is 1.33 bits per heavy atom. The number of aliphatic hydroxyl groups excluding tert-OH is 1. The van der Waals surface area contributed by atoms with E-state index >= 15 is 0 Å². The molecule has 1 rings (SSSR count). The topological polar surface area (TPSA) is 20.2 Å². The molecular formula is C9H10OS2. The summed E-state index contributed by atoms with van der Waals surface area (Å²) in [5.74, 6) is 0.674. The van der Waals surface area contributed by atoms with E-state index in [1.165, 1.54) is 11.8 Å². The highest BCUT2D eigenvalue weighted by Gasteiger charge is 1.98. The minimum absolute atomic E-state index is 0.178. The second kappa shape index (κ2) is 5.30. The third kappa shape index (κ3) is 2.93. The van der Waals surface area contributed by atoms with Crippen LogP contribution in [-0.2, 0) is 0 Å². The van der Waals surface area contributed by atoms with E-state index in [1.807, 2.05) is 30.3 Å². The van der Waals surface area contributed by atoms with Crippen LogP contribution in [0.2, 0.25) is 0 Å². The molecule has 1 aromatic rings. The molecule has 0 heterocycles. The van der Waals surface area contributed by atoms with Crippen molar-refractivity contribution in [3.05, 3.63) is 35.9 Å². The smallest absolute Gasteiger partial charge is 0.0779 e. The molecular weight excluding hydrogens is 188 g/mol. The summed E-state index contributed by atoms with van der Waals surface area (Å²) >= 11 is 6.65. The van der Waals surface area contributed by atoms with Gasteiger partial charge in [0.25, 0.3) is 0 Å². The maximum Gasteiger partial charge on any atom is 0.0779 e. The summed E-state index contributed by atoms with van der Waals surface area (Å²) in [7, 11) is 0. The first-order valence-electron chi connectivity index (χ1n) is 3.67. The number of benzene rings is 1. The van der Waals surface area contributed by atoms with Gasteiger partial charge in [0.2, 0.25) is 0 Å². The summed E-state index contributed by atoms with van der Waals surface area (Å²) in [6, 6.07) is 9.84. The number of aliphatic hydroxyl groups is 1. The number of thioether (sulfide) groups is 1.